The summed E-state index contributed by atoms with van der Waals surface area (Å²) in [6, 6.07) is 23.6. The molecule has 0 radical (unpaired) electrons. The Morgan fingerprint density at radius 2 is 1.77 bits per heavy atom. The van der Waals surface area contributed by atoms with Gasteiger partial charge < -0.3 is 4.84 Å². The molecule has 2 N–H and O–H groups in total. The van der Waals surface area contributed by atoms with E-state index in [0.29, 0.717) is 12.3 Å². The summed E-state index contributed by atoms with van der Waals surface area (Å²) in [5.74, 6) is 0.725. The number of nitrogens with one attached hydrogen (secondary N) is 1. The van der Waals surface area contributed by atoms with Crippen LogP contribution in [0.3, 0.4) is 0 Å². The van der Waals surface area contributed by atoms with E-state index in [2.05, 4.69) is 36.7 Å². The fourth-order valence-corrected chi connectivity index (χ4v) is 2.85. The quantitative estimate of drug-likeness (QED) is 0.525. The molecular weight excluding hydrogens is 326 g/mol. The van der Waals surface area contributed by atoms with Crippen LogP contribution >= 0.6 is 0 Å². The van der Waals surface area contributed by atoms with E-state index < -0.39 is 0 Å². The van der Waals surface area contributed by atoms with E-state index >= 15 is 0 Å². The van der Waals surface area contributed by atoms with Gasteiger partial charge in [0.05, 0.1) is 11.2 Å². The summed E-state index contributed by atoms with van der Waals surface area (Å²) in [4.78, 5) is 10.8. The van der Waals surface area contributed by atoms with Crippen LogP contribution < -0.4 is 10.3 Å². The van der Waals surface area contributed by atoms with Gasteiger partial charge in [-0.3, -0.25) is 10.7 Å². The normalized spacial score (nSPS) is 10.8. The Hall–Kier alpha value is -3.31. The second kappa shape index (κ2) is 6.90. The van der Waals surface area contributed by atoms with Crippen molar-refractivity contribution in [2.75, 3.05) is 5.48 Å². The number of hydrogen-bond donors (Lipinski definition) is 2. The molecule has 4 aromatic rings. The zero-order valence-corrected chi connectivity index (χ0v) is 14.4. The van der Waals surface area contributed by atoms with Crippen molar-refractivity contribution in [3.63, 3.8) is 0 Å². The van der Waals surface area contributed by atoms with Gasteiger partial charge in [0.1, 0.15) is 12.1 Å². The van der Waals surface area contributed by atoms with Gasteiger partial charge in [-0.1, -0.05) is 60.2 Å². The van der Waals surface area contributed by atoms with Crippen molar-refractivity contribution >= 4 is 16.7 Å². The van der Waals surface area contributed by atoms with E-state index in [1.807, 2.05) is 42.5 Å². The van der Waals surface area contributed by atoms with Crippen molar-refractivity contribution in [1.29, 1.82) is 0 Å². The zero-order chi connectivity index (χ0) is 17.9. The lowest BCUT2D eigenvalue weighted by molar-refractivity contribution is 0.110. The average Bonchev–Trinajstić information content (AvgIpc) is 3.06. The maximum Gasteiger partial charge on any atom is 0.176 e. The topological polar surface area (TPSA) is 59.3 Å². The van der Waals surface area contributed by atoms with Gasteiger partial charge in [-0.2, -0.15) is 4.73 Å². The zero-order valence-electron chi connectivity index (χ0n) is 14.4. The Morgan fingerprint density at radius 1 is 1.00 bits per heavy atom. The molecule has 0 fully saturated rings. The molecule has 1 aromatic heterocycles. The molecule has 0 bridgehead atoms. The van der Waals surface area contributed by atoms with Crippen LogP contribution in [-0.2, 0) is 6.61 Å². The number of nitrogens with zero attached hydrogens (tertiary/aromatic N) is 2. The molecule has 0 amide bonds. The molecule has 0 aliphatic heterocycles. The van der Waals surface area contributed by atoms with E-state index in [1.54, 1.807) is 10.8 Å². The van der Waals surface area contributed by atoms with Gasteiger partial charge in [-0.15, -0.1) is 0 Å². The molecular formula is C21H19N3O2. The van der Waals surface area contributed by atoms with E-state index in [4.69, 9.17) is 9.82 Å². The summed E-state index contributed by atoms with van der Waals surface area (Å²) < 4.78 is 1.73. The molecule has 0 aliphatic rings. The number of benzene rings is 3. The first kappa shape index (κ1) is 16.2. The molecule has 0 saturated carbocycles. The van der Waals surface area contributed by atoms with Gasteiger partial charge >= 0.3 is 0 Å². The van der Waals surface area contributed by atoms with E-state index in [-0.39, 0.29) is 0 Å². The maximum absolute atomic E-state index is 9.23. The predicted octanol–water partition coefficient (Wildman–Crippen LogP) is 4.44. The van der Waals surface area contributed by atoms with E-state index in [9.17, 15) is 5.21 Å². The molecule has 0 atom stereocenters. The van der Waals surface area contributed by atoms with Crippen LogP contribution in [0.25, 0.3) is 22.4 Å². The summed E-state index contributed by atoms with van der Waals surface area (Å²) in [7, 11) is 0. The summed E-state index contributed by atoms with van der Waals surface area (Å²) in [6.45, 7) is 2.48. The van der Waals surface area contributed by atoms with Crippen LogP contribution in [0.5, 0.6) is 0 Å². The fraction of sp³-hybridized carbons (Fsp3) is 0.0952. The predicted molar refractivity (Wildman–Crippen MR) is 102 cm³/mol. The monoisotopic (exact) mass is 345 g/mol. The number of aromatic nitrogens is 2. The Bertz CT molecular complexity index is 1020. The summed E-state index contributed by atoms with van der Waals surface area (Å²) in [5, 5.41) is 9.23. The minimum Gasteiger partial charge on any atom is -0.407 e. The molecule has 4 rings (SSSR count). The largest absolute Gasteiger partial charge is 0.407 e. The van der Waals surface area contributed by atoms with Gasteiger partial charge in [-0.05, 0) is 30.7 Å². The highest BCUT2D eigenvalue weighted by molar-refractivity contribution is 5.83. The van der Waals surface area contributed by atoms with E-state index in [1.165, 1.54) is 5.56 Å². The maximum atomic E-state index is 9.23. The lowest BCUT2D eigenvalue weighted by Crippen LogP contribution is -2.12. The average molecular weight is 345 g/mol. The molecule has 1 heterocycles. The molecule has 5 nitrogen and oxygen atoms in total. The minimum absolute atomic E-state index is 0.419. The van der Waals surface area contributed by atoms with Crippen LogP contribution in [0.4, 0.5) is 5.69 Å². The molecule has 130 valence electrons. The molecule has 0 saturated heterocycles. The van der Waals surface area contributed by atoms with Crippen molar-refractivity contribution in [3.8, 4) is 11.4 Å². The van der Waals surface area contributed by atoms with Crippen molar-refractivity contribution < 1.29 is 10.0 Å². The molecule has 5 heteroatoms. The Kier molecular flexibility index (Phi) is 4.29. The molecule has 0 unspecified atom stereocenters. The number of aryl methyl sites for hydroxylation is 1. The van der Waals surface area contributed by atoms with Crippen LogP contribution in [0.1, 0.15) is 11.1 Å². The number of fused-ring (bicyclic) bond motifs is 1. The highest BCUT2D eigenvalue weighted by Crippen LogP contribution is 2.26. The third-order valence-electron chi connectivity index (χ3n) is 4.25. The molecule has 26 heavy (non-hydrogen) atoms. The van der Waals surface area contributed by atoms with Gasteiger partial charge in [0.15, 0.2) is 5.82 Å². The second-order valence-electron chi connectivity index (χ2n) is 6.17. The number of imidazole rings is 1. The van der Waals surface area contributed by atoms with Gasteiger partial charge in [-0.25, -0.2) is 4.98 Å². The van der Waals surface area contributed by atoms with Crippen LogP contribution in [-0.4, -0.2) is 14.9 Å². The second-order valence-corrected chi connectivity index (χ2v) is 6.17. The third kappa shape index (κ3) is 3.12. The van der Waals surface area contributed by atoms with Crippen molar-refractivity contribution in [1.82, 2.24) is 9.71 Å². The fourth-order valence-electron chi connectivity index (χ4n) is 2.85. The van der Waals surface area contributed by atoms with Crippen LogP contribution in [0.15, 0.2) is 72.8 Å². The number of rotatable bonds is 5. The summed E-state index contributed by atoms with van der Waals surface area (Å²) in [6.07, 6.45) is 0. The highest BCUT2D eigenvalue weighted by atomic mass is 16.7. The standard InChI is InChI=1S/C21H19N3O2/c1-15-7-9-16(10-8-15)14-26-24-20-13-18(23-25)11-12-19(20)22-21(24)17-5-3-2-4-6-17/h2-13,23,25H,14H2,1H3. The molecule has 0 spiro atoms. The Labute approximate surface area is 151 Å². The lowest BCUT2D eigenvalue weighted by atomic mass is 10.2. The van der Waals surface area contributed by atoms with Gasteiger partial charge in [0.2, 0.25) is 0 Å². The SMILES string of the molecule is Cc1ccc(COn2c(-c3ccccc3)nc3ccc(NO)cc32)cc1. The van der Waals surface area contributed by atoms with Gasteiger partial charge in [0.25, 0.3) is 0 Å². The van der Waals surface area contributed by atoms with Gasteiger partial charge in [0, 0.05) is 5.56 Å². The van der Waals surface area contributed by atoms with Crippen molar-refractivity contribution in [2.45, 2.75) is 13.5 Å². The number of hydrogen-bond acceptors (Lipinski definition) is 4. The molecule has 0 aliphatic carbocycles. The van der Waals surface area contributed by atoms with Crippen molar-refractivity contribution in [2.24, 2.45) is 0 Å². The Morgan fingerprint density at radius 3 is 2.50 bits per heavy atom. The smallest absolute Gasteiger partial charge is 0.176 e. The van der Waals surface area contributed by atoms with Crippen molar-refractivity contribution in [3.05, 3.63) is 83.9 Å². The Balaban J connectivity index is 1.77. The summed E-state index contributed by atoms with van der Waals surface area (Å²) in [5.41, 5.74) is 7.60. The first-order valence-corrected chi connectivity index (χ1v) is 8.41. The first-order valence-electron chi connectivity index (χ1n) is 8.41. The summed E-state index contributed by atoms with van der Waals surface area (Å²) >= 11 is 0. The number of anilines is 1. The molecule has 3 aromatic carbocycles. The highest BCUT2D eigenvalue weighted by Gasteiger charge is 2.14. The first-order chi connectivity index (χ1) is 12.7. The van der Waals surface area contributed by atoms with Crippen LogP contribution in [0, 0.1) is 6.92 Å². The minimum atomic E-state index is 0.419. The van der Waals surface area contributed by atoms with E-state index in [0.717, 1.165) is 28.0 Å². The third-order valence-corrected chi connectivity index (χ3v) is 4.25. The lowest BCUT2D eigenvalue weighted by Gasteiger charge is -2.12. The van der Waals surface area contributed by atoms with Crippen LogP contribution in [0.2, 0.25) is 0 Å².